The second-order valence-electron chi connectivity index (χ2n) is 7.21. The van der Waals surface area contributed by atoms with E-state index in [1.165, 1.54) is 19.3 Å². The normalized spacial score (nSPS) is 19.6. The zero-order chi connectivity index (χ0) is 17.4. The zero-order valence-electron chi connectivity index (χ0n) is 14.6. The first-order valence-electron chi connectivity index (χ1n) is 9.17. The molecule has 1 saturated heterocycles. The predicted octanol–water partition coefficient (Wildman–Crippen LogP) is 2.49. The number of aromatic amines is 1. The van der Waals surface area contributed by atoms with Gasteiger partial charge in [0.15, 0.2) is 5.82 Å². The molecule has 4 rings (SSSR count). The van der Waals surface area contributed by atoms with E-state index in [0.717, 1.165) is 29.4 Å². The van der Waals surface area contributed by atoms with Crippen molar-refractivity contribution >= 4 is 22.8 Å². The molecule has 0 spiro atoms. The molecule has 1 N–H and O–H groups in total. The molecule has 2 heterocycles. The van der Waals surface area contributed by atoms with E-state index in [1.54, 1.807) is 4.90 Å². The number of nitrogens with zero attached hydrogens (tertiary/aromatic N) is 3. The lowest BCUT2D eigenvalue weighted by Gasteiger charge is -2.40. The summed E-state index contributed by atoms with van der Waals surface area (Å²) < 4.78 is 0. The van der Waals surface area contributed by atoms with Crippen LogP contribution in [0.1, 0.15) is 48.3 Å². The first-order valence-corrected chi connectivity index (χ1v) is 9.17. The van der Waals surface area contributed by atoms with Gasteiger partial charge in [0.2, 0.25) is 5.91 Å². The van der Waals surface area contributed by atoms with E-state index in [1.807, 2.05) is 30.0 Å². The number of imidazole rings is 1. The van der Waals surface area contributed by atoms with Crippen LogP contribution in [0.2, 0.25) is 0 Å². The summed E-state index contributed by atoms with van der Waals surface area (Å²) in [6, 6.07) is 6.23. The molecule has 1 aliphatic carbocycles. The van der Waals surface area contributed by atoms with Crippen LogP contribution >= 0.6 is 0 Å². The van der Waals surface area contributed by atoms with E-state index >= 15 is 0 Å². The second kappa shape index (κ2) is 6.50. The number of H-pyrrole nitrogens is 1. The van der Waals surface area contributed by atoms with Crippen molar-refractivity contribution in [2.24, 2.45) is 0 Å². The molecule has 25 heavy (non-hydrogen) atoms. The van der Waals surface area contributed by atoms with Gasteiger partial charge in [-0.1, -0.05) is 25.3 Å². The predicted molar refractivity (Wildman–Crippen MR) is 95.3 cm³/mol. The largest absolute Gasteiger partial charge is 0.336 e. The molecule has 6 nitrogen and oxygen atoms in total. The lowest BCUT2D eigenvalue weighted by molar-refractivity contribution is -0.138. The van der Waals surface area contributed by atoms with Crippen LogP contribution < -0.4 is 0 Å². The van der Waals surface area contributed by atoms with Crippen LogP contribution in [0.25, 0.3) is 11.0 Å². The number of carbonyl (C=O) groups is 2. The third-order valence-electron chi connectivity index (χ3n) is 5.40. The van der Waals surface area contributed by atoms with Gasteiger partial charge in [0.25, 0.3) is 5.91 Å². The molecule has 2 amide bonds. The van der Waals surface area contributed by atoms with Crippen molar-refractivity contribution in [1.82, 2.24) is 19.8 Å². The summed E-state index contributed by atoms with van der Waals surface area (Å²) in [5, 5.41) is 0. The number of piperazine rings is 1. The van der Waals surface area contributed by atoms with Crippen LogP contribution in [0.3, 0.4) is 0 Å². The van der Waals surface area contributed by atoms with Gasteiger partial charge in [0.05, 0.1) is 11.0 Å². The van der Waals surface area contributed by atoms with Crippen molar-refractivity contribution in [3.05, 3.63) is 29.6 Å². The molecule has 0 unspecified atom stereocenters. The van der Waals surface area contributed by atoms with E-state index in [-0.39, 0.29) is 18.4 Å². The van der Waals surface area contributed by atoms with Crippen LogP contribution in [0.15, 0.2) is 18.2 Å². The topological polar surface area (TPSA) is 69.3 Å². The van der Waals surface area contributed by atoms with E-state index in [0.29, 0.717) is 25.0 Å². The van der Waals surface area contributed by atoms with Crippen molar-refractivity contribution in [1.29, 1.82) is 0 Å². The van der Waals surface area contributed by atoms with Crippen molar-refractivity contribution in [3.8, 4) is 0 Å². The molecular formula is C19H24N4O2. The Morgan fingerprint density at radius 1 is 1.20 bits per heavy atom. The molecule has 0 bridgehead atoms. The summed E-state index contributed by atoms with van der Waals surface area (Å²) in [6.45, 7) is 3.38. The van der Waals surface area contributed by atoms with Gasteiger partial charge in [-0.15, -0.1) is 0 Å². The molecule has 1 aromatic carbocycles. The van der Waals surface area contributed by atoms with E-state index < -0.39 is 0 Å². The molecule has 0 radical (unpaired) electrons. The summed E-state index contributed by atoms with van der Waals surface area (Å²) in [4.78, 5) is 36.4. The van der Waals surface area contributed by atoms with Crippen LogP contribution in [-0.4, -0.2) is 57.3 Å². The molecule has 6 heteroatoms. The Morgan fingerprint density at radius 2 is 2.00 bits per heavy atom. The Balaban J connectivity index is 1.46. The Bertz CT molecular complexity index is 807. The van der Waals surface area contributed by atoms with Gasteiger partial charge in [0.1, 0.15) is 6.54 Å². The molecule has 1 aliphatic heterocycles. The van der Waals surface area contributed by atoms with Crippen molar-refractivity contribution in [2.75, 3.05) is 19.6 Å². The summed E-state index contributed by atoms with van der Waals surface area (Å²) in [5.74, 6) is 0.198. The van der Waals surface area contributed by atoms with E-state index in [4.69, 9.17) is 0 Å². The highest BCUT2D eigenvalue weighted by Crippen LogP contribution is 2.24. The first-order chi connectivity index (χ1) is 12.1. The van der Waals surface area contributed by atoms with Gasteiger partial charge in [-0.2, -0.15) is 0 Å². The van der Waals surface area contributed by atoms with Crippen LogP contribution in [0.4, 0.5) is 0 Å². The highest BCUT2D eigenvalue weighted by atomic mass is 16.2. The van der Waals surface area contributed by atoms with E-state index in [2.05, 4.69) is 9.97 Å². The molecular weight excluding hydrogens is 316 g/mol. The highest BCUT2D eigenvalue weighted by Gasteiger charge is 2.33. The third-order valence-corrected chi connectivity index (χ3v) is 5.40. The lowest BCUT2D eigenvalue weighted by atomic mass is 9.93. The molecule has 1 saturated carbocycles. The number of aryl methyl sites for hydroxylation is 1. The van der Waals surface area contributed by atoms with Gasteiger partial charge in [0, 0.05) is 19.1 Å². The number of fused-ring (bicyclic) bond motifs is 1. The molecule has 2 fully saturated rings. The van der Waals surface area contributed by atoms with Gasteiger partial charge in [-0.25, -0.2) is 4.98 Å². The molecule has 2 aliphatic rings. The Hall–Kier alpha value is -2.37. The molecule has 1 aromatic heterocycles. The summed E-state index contributed by atoms with van der Waals surface area (Å²) >= 11 is 0. The average Bonchev–Trinajstić information content (AvgIpc) is 3.04. The summed E-state index contributed by atoms with van der Waals surface area (Å²) in [5.41, 5.74) is 2.75. The number of hydrogen-bond donors (Lipinski definition) is 1. The van der Waals surface area contributed by atoms with Gasteiger partial charge in [-0.3, -0.25) is 9.59 Å². The highest BCUT2D eigenvalue weighted by molar-refractivity contribution is 5.96. The lowest BCUT2D eigenvalue weighted by Crippen LogP contribution is -2.55. The number of benzene rings is 1. The maximum atomic E-state index is 12.7. The molecule has 2 aromatic rings. The van der Waals surface area contributed by atoms with Gasteiger partial charge in [-0.05, 0) is 37.5 Å². The fourth-order valence-electron chi connectivity index (χ4n) is 4.01. The van der Waals surface area contributed by atoms with Crippen LogP contribution in [0, 0.1) is 6.92 Å². The molecule has 132 valence electrons. The number of nitrogens with one attached hydrogen (secondary N) is 1. The van der Waals surface area contributed by atoms with Crippen molar-refractivity contribution in [2.45, 2.75) is 45.1 Å². The molecule has 0 atom stereocenters. The summed E-state index contributed by atoms with van der Waals surface area (Å²) in [7, 11) is 0. The Kier molecular flexibility index (Phi) is 4.19. The average molecular weight is 340 g/mol. The fraction of sp³-hybridized carbons (Fsp3) is 0.526. The fourth-order valence-corrected chi connectivity index (χ4v) is 4.01. The van der Waals surface area contributed by atoms with Crippen molar-refractivity contribution in [3.63, 3.8) is 0 Å². The quantitative estimate of drug-likeness (QED) is 0.913. The first kappa shape index (κ1) is 16.1. The van der Waals surface area contributed by atoms with Crippen LogP contribution in [-0.2, 0) is 4.79 Å². The number of carbonyl (C=O) groups excluding carboxylic acids is 2. The minimum Gasteiger partial charge on any atom is -0.336 e. The standard InChI is InChI=1S/C19H24N4O2/c1-13-7-8-15-16(11-13)21-18(20-15)19(25)22-9-10-23(17(24)12-22)14-5-3-2-4-6-14/h7-8,11,14H,2-6,9-10,12H2,1H3,(H,20,21). The van der Waals surface area contributed by atoms with Crippen LogP contribution in [0.5, 0.6) is 0 Å². The number of aromatic nitrogens is 2. The third kappa shape index (κ3) is 3.13. The van der Waals surface area contributed by atoms with Gasteiger partial charge < -0.3 is 14.8 Å². The summed E-state index contributed by atoms with van der Waals surface area (Å²) in [6.07, 6.45) is 5.88. The zero-order valence-corrected chi connectivity index (χ0v) is 14.6. The maximum Gasteiger partial charge on any atom is 0.290 e. The number of rotatable bonds is 2. The van der Waals surface area contributed by atoms with Crippen molar-refractivity contribution < 1.29 is 9.59 Å². The smallest absolute Gasteiger partial charge is 0.290 e. The Morgan fingerprint density at radius 3 is 2.76 bits per heavy atom. The number of amides is 2. The SMILES string of the molecule is Cc1ccc2nc(C(=O)N3CCN(C4CCCCC4)C(=O)C3)[nH]c2c1. The Labute approximate surface area is 147 Å². The van der Waals surface area contributed by atoms with Gasteiger partial charge >= 0.3 is 0 Å². The monoisotopic (exact) mass is 340 g/mol. The second-order valence-corrected chi connectivity index (χ2v) is 7.21. The maximum absolute atomic E-state index is 12.7. The minimum atomic E-state index is -0.189. The van der Waals surface area contributed by atoms with E-state index in [9.17, 15) is 9.59 Å². The minimum absolute atomic E-state index is 0.0680. The number of hydrogen-bond acceptors (Lipinski definition) is 3.